The molecular formula is C43H50FN9O4. The first-order valence-corrected chi connectivity index (χ1v) is 20.2. The van der Waals surface area contributed by atoms with Crippen molar-refractivity contribution < 1.29 is 14.0 Å². The van der Waals surface area contributed by atoms with Gasteiger partial charge in [0.2, 0.25) is 5.91 Å². The highest BCUT2D eigenvalue weighted by Gasteiger charge is 2.29. The van der Waals surface area contributed by atoms with Gasteiger partial charge in [0.05, 0.1) is 23.8 Å². The van der Waals surface area contributed by atoms with Crippen molar-refractivity contribution in [3.05, 3.63) is 111 Å². The highest BCUT2D eigenvalue weighted by molar-refractivity contribution is 5.92. The lowest BCUT2D eigenvalue weighted by atomic mass is 9.90. The van der Waals surface area contributed by atoms with E-state index in [0.717, 1.165) is 87.7 Å². The Balaban J connectivity index is 0.975. The number of imidazole rings is 1. The van der Waals surface area contributed by atoms with Gasteiger partial charge in [-0.05, 0) is 87.3 Å². The smallest absolute Gasteiger partial charge is 0.337 e. The summed E-state index contributed by atoms with van der Waals surface area (Å²) in [5.74, 6) is 0.141. The van der Waals surface area contributed by atoms with Gasteiger partial charge < -0.3 is 15.2 Å². The molecule has 2 aromatic carbocycles. The minimum atomic E-state index is -0.659. The number of aromatic nitrogens is 5. The second-order valence-electron chi connectivity index (χ2n) is 16.0. The molecule has 2 aliphatic heterocycles. The number of rotatable bonds is 10. The van der Waals surface area contributed by atoms with Crippen LogP contribution in [-0.2, 0) is 24.3 Å². The Bertz CT molecular complexity index is 2360. The van der Waals surface area contributed by atoms with Gasteiger partial charge in [-0.15, -0.1) is 0 Å². The predicted octanol–water partition coefficient (Wildman–Crippen LogP) is 4.44. The van der Waals surface area contributed by atoms with Crippen LogP contribution in [0.4, 0.5) is 4.39 Å². The fourth-order valence-corrected chi connectivity index (χ4v) is 8.56. The van der Waals surface area contributed by atoms with Gasteiger partial charge in [0.1, 0.15) is 17.3 Å². The van der Waals surface area contributed by atoms with Crippen LogP contribution >= 0.6 is 0 Å². The Kier molecular flexibility index (Phi) is 11.2. The van der Waals surface area contributed by atoms with Crippen molar-refractivity contribution in [3.63, 3.8) is 0 Å². The molecule has 0 atom stereocenters. The lowest BCUT2D eigenvalue weighted by Crippen LogP contribution is -2.49. The highest BCUT2D eigenvalue weighted by atomic mass is 19.1. The first kappa shape index (κ1) is 38.4. The van der Waals surface area contributed by atoms with E-state index in [-0.39, 0.29) is 34.9 Å². The van der Waals surface area contributed by atoms with E-state index in [9.17, 15) is 23.6 Å². The van der Waals surface area contributed by atoms with Crippen molar-refractivity contribution in [1.82, 2.24) is 44.1 Å². The Morgan fingerprint density at radius 3 is 2.39 bits per heavy atom. The first-order valence-electron chi connectivity index (χ1n) is 20.2. The number of piperazine rings is 1. The Morgan fingerprint density at radius 2 is 1.65 bits per heavy atom. The van der Waals surface area contributed by atoms with E-state index in [0.29, 0.717) is 43.6 Å². The molecule has 13 nitrogen and oxygen atoms in total. The van der Waals surface area contributed by atoms with Crippen molar-refractivity contribution in [2.24, 2.45) is 0 Å². The molecule has 1 aliphatic carbocycles. The number of carbonyl (C=O) groups excluding carboxylic acids is 2. The summed E-state index contributed by atoms with van der Waals surface area (Å²) in [5, 5.41) is 6.11. The van der Waals surface area contributed by atoms with Crippen LogP contribution < -0.4 is 21.9 Å². The fourth-order valence-electron chi connectivity index (χ4n) is 8.56. The van der Waals surface area contributed by atoms with E-state index >= 15 is 0 Å². The normalized spacial score (nSPS) is 19.1. The van der Waals surface area contributed by atoms with Gasteiger partial charge in [-0.1, -0.05) is 36.4 Å². The third kappa shape index (κ3) is 8.47. The summed E-state index contributed by atoms with van der Waals surface area (Å²) in [5.41, 5.74) is 2.95. The summed E-state index contributed by atoms with van der Waals surface area (Å²) >= 11 is 0. The van der Waals surface area contributed by atoms with E-state index in [1.54, 1.807) is 6.07 Å². The second-order valence-corrected chi connectivity index (χ2v) is 16.0. The summed E-state index contributed by atoms with van der Waals surface area (Å²) in [6, 6.07) is 16.6. The summed E-state index contributed by atoms with van der Waals surface area (Å²) in [6.07, 6.45) is 8.01. The Hall–Kier alpha value is -5.47. The molecule has 5 aromatic rings. The number of amides is 2. The minimum absolute atomic E-state index is 0.0307. The van der Waals surface area contributed by atoms with Gasteiger partial charge in [0, 0.05) is 70.0 Å². The van der Waals surface area contributed by atoms with E-state index in [2.05, 4.69) is 59.2 Å². The lowest BCUT2D eigenvalue weighted by Gasteiger charge is -2.34. The molecule has 0 bridgehead atoms. The Morgan fingerprint density at radius 1 is 0.895 bits per heavy atom. The standard InChI is InChI=1S/C43H50FN9O4/c1-28(2)46-39(54)27-50-20-18-49(19-21-50)25-29-9-11-30(12-10-29)31-6-5-7-35(22-31)52-40-36(23-32(44)24-45-40)42(56)53(43(52)57)34-15-13-33(14-16-34)47-41(55)37-26-51-17-4-3-8-38(51)48-37/h5-7,9-12,22-24,26,28,33-34H,3-4,8,13-21,25,27H2,1-2H3,(H,46,54)(H,47,55)/t33-,34+. The van der Waals surface area contributed by atoms with Gasteiger partial charge >= 0.3 is 5.69 Å². The van der Waals surface area contributed by atoms with Crippen LogP contribution in [0.2, 0.25) is 0 Å². The number of fused-ring (bicyclic) bond motifs is 2. The van der Waals surface area contributed by atoms with Crippen molar-refractivity contribution >= 4 is 22.8 Å². The van der Waals surface area contributed by atoms with Crippen LogP contribution in [0.3, 0.4) is 0 Å². The van der Waals surface area contributed by atoms with E-state index in [4.69, 9.17) is 0 Å². The molecule has 0 spiro atoms. The van der Waals surface area contributed by atoms with Crippen LogP contribution in [0.1, 0.15) is 80.3 Å². The average molecular weight is 776 g/mol. The topological polar surface area (TPSA) is 139 Å². The number of halogens is 1. The largest absolute Gasteiger partial charge is 0.353 e. The number of pyridine rings is 1. The van der Waals surface area contributed by atoms with E-state index in [1.165, 1.54) is 14.7 Å². The van der Waals surface area contributed by atoms with Gasteiger partial charge in [0.15, 0.2) is 5.65 Å². The summed E-state index contributed by atoms with van der Waals surface area (Å²) in [4.78, 5) is 67.0. The SMILES string of the molecule is CC(C)NC(=O)CN1CCN(Cc2ccc(-c3cccc(-n4c(=O)n([C@H]5CC[C@@H](NC(=O)c6cn7c(n6)CCCC7)CC5)c(=O)c5cc(F)cnc54)c3)cc2)CC1. The van der Waals surface area contributed by atoms with Crippen LogP contribution in [-0.4, -0.2) is 90.1 Å². The molecule has 5 heterocycles. The lowest BCUT2D eigenvalue weighted by molar-refractivity contribution is -0.123. The van der Waals surface area contributed by atoms with Crippen molar-refractivity contribution in [3.8, 4) is 16.8 Å². The number of nitrogens with zero attached hydrogens (tertiary/aromatic N) is 7. The van der Waals surface area contributed by atoms with Crippen LogP contribution in [0.25, 0.3) is 27.8 Å². The molecule has 14 heteroatoms. The number of nitrogens with one attached hydrogen (secondary N) is 2. The maximum absolute atomic E-state index is 14.6. The van der Waals surface area contributed by atoms with Gasteiger partial charge in [-0.3, -0.25) is 28.8 Å². The highest BCUT2D eigenvalue weighted by Crippen LogP contribution is 2.29. The zero-order valence-corrected chi connectivity index (χ0v) is 32.6. The molecular weight excluding hydrogens is 726 g/mol. The Labute approximate surface area is 330 Å². The van der Waals surface area contributed by atoms with Crippen LogP contribution in [0.5, 0.6) is 0 Å². The molecule has 2 N–H and O–H groups in total. The summed E-state index contributed by atoms with van der Waals surface area (Å²) in [7, 11) is 0. The molecule has 3 aliphatic rings. The zero-order chi connectivity index (χ0) is 39.6. The third-order valence-electron chi connectivity index (χ3n) is 11.5. The van der Waals surface area contributed by atoms with Gasteiger partial charge in [-0.2, -0.15) is 0 Å². The predicted molar refractivity (Wildman–Crippen MR) is 216 cm³/mol. The molecule has 2 fully saturated rings. The molecule has 0 unspecified atom stereocenters. The molecule has 3 aromatic heterocycles. The van der Waals surface area contributed by atoms with Gasteiger partial charge in [-0.25, -0.2) is 23.7 Å². The fraction of sp³-hybridized carbons (Fsp3) is 0.442. The first-order chi connectivity index (χ1) is 27.6. The molecule has 0 radical (unpaired) electrons. The van der Waals surface area contributed by atoms with E-state index < -0.39 is 23.1 Å². The number of aryl methyl sites for hydroxylation is 2. The number of benzene rings is 2. The average Bonchev–Trinajstić information content (AvgIpc) is 3.65. The number of hydrogen-bond donors (Lipinski definition) is 2. The van der Waals surface area contributed by atoms with Crippen LogP contribution in [0, 0.1) is 5.82 Å². The minimum Gasteiger partial charge on any atom is -0.353 e. The molecule has 1 saturated carbocycles. The van der Waals surface area contributed by atoms with Gasteiger partial charge in [0.25, 0.3) is 11.5 Å². The maximum Gasteiger partial charge on any atom is 0.337 e. The zero-order valence-electron chi connectivity index (χ0n) is 32.6. The van der Waals surface area contributed by atoms with E-state index in [1.807, 2.05) is 38.2 Å². The monoisotopic (exact) mass is 775 g/mol. The summed E-state index contributed by atoms with van der Waals surface area (Å²) in [6.45, 7) is 9.48. The molecule has 2 amide bonds. The second kappa shape index (κ2) is 16.6. The maximum atomic E-state index is 14.6. The summed E-state index contributed by atoms with van der Waals surface area (Å²) < 4.78 is 19.3. The quantitative estimate of drug-likeness (QED) is 0.213. The molecule has 1 saturated heterocycles. The molecule has 57 heavy (non-hydrogen) atoms. The van der Waals surface area contributed by atoms with Crippen molar-refractivity contribution in [2.45, 2.75) is 90.0 Å². The molecule has 8 rings (SSSR count). The number of carbonyl (C=O) groups is 2. The van der Waals surface area contributed by atoms with Crippen LogP contribution in [0.15, 0.2) is 76.6 Å². The molecule has 298 valence electrons. The number of hydrogen-bond acceptors (Lipinski definition) is 8. The van der Waals surface area contributed by atoms with Crippen molar-refractivity contribution in [1.29, 1.82) is 0 Å². The van der Waals surface area contributed by atoms with Crippen molar-refractivity contribution in [2.75, 3.05) is 32.7 Å². The third-order valence-corrected chi connectivity index (χ3v) is 11.5.